The van der Waals surface area contributed by atoms with Crippen molar-refractivity contribution >= 4 is 25.6 Å². The Balaban J connectivity index is 2.52. The van der Waals surface area contributed by atoms with E-state index in [9.17, 15) is 13.2 Å². The lowest BCUT2D eigenvalue weighted by molar-refractivity contribution is -0.155. The molecule has 19 heavy (non-hydrogen) atoms. The van der Waals surface area contributed by atoms with E-state index >= 15 is 0 Å². The lowest BCUT2D eigenvalue weighted by Gasteiger charge is -2.23. The minimum Gasteiger partial charge on any atom is -0.351 e. The summed E-state index contributed by atoms with van der Waals surface area (Å²) in [4.78, 5) is 13.4. The van der Waals surface area contributed by atoms with Crippen LogP contribution in [0.2, 0.25) is 0 Å². The number of carbonyl (C=O) groups is 1. The summed E-state index contributed by atoms with van der Waals surface area (Å²) < 4.78 is 32.8. The van der Waals surface area contributed by atoms with E-state index in [0.29, 0.717) is 26.3 Å². The van der Waals surface area contributed by atoms with Gasteiger partial charge in [-0.25, -0.2) is 8.42 Å². The average Bonchev–Trinajstić information content (AvgIpc) is 2.57. The minimum atomic E-state index is -3.57. The molecule has 1 saturated heterocycles. The van der Waals surface area contributed by atoms with Gasteiger partial charge in [-0.2, -0.15) is 0 Å². The fraction of sp³-hybridized carbons (Fsp3) is 0.909. The minimum absolute atomic E-state index is 0.0882. The molecule has 0 N–H and O–H groups in total. The summed E-state index contributed by atoms with van der Waals surface area (Å²) in [5.41, 5.74) is 0. The van der Waals surface area contributed by atoms with Crippen LogP contribution in [0.5, 0.6) is 0 Å². The number of amides is 1. The predicted molar refractivity (Wildman–Crippen MR) is 71.4 cm³/mol. The second-order valence-corrected chi connectivity index (χ2v) is 7.24. The van der Waals surface area contributed by atoms with Gasteiger partial charge >= 0.3 is 0 Å². The highest BCUT2D eigenvalue weighted by Gasteiger charge is 2.33. The van der Waals surface area contributed by atoms with E-state index < -0.39 is 15.3 Å². The molecule has 0 aliphatic carbocycles. The van der Waals surface area contributed by atoms with Crippen LogP contribution in [0.3, 0.4) is 0 Å². The first-order valence-corrected chi connectivity index (χ1v) is 8.76. The summed E-state index contributed by atoms with van der Waals surface area (Å²) in [5.74, 6) is -0.515. The summed E-state index contributed by atoms with van der Waals surface area (Å²) in [6, 6.07) is 0. The van der Waals surface area contributed by atoms with Crippen LogP contribution >= 0.6 is 10.7 Å². The van der Waals surface area contributed by atoms with E-state index in [4.69, 9.17) is 20.2 Å². The smallest absolute Gasteiger partial charge is 0.232 e. The molecule has 0 aromatic rings. The van der Waals surface area contributed by atoms with Crippen molar-refractivity contribution in [2.45, 2.75) is 26.6 Å². The summed E-state index contributed by atoms with van der Waals surface area (Å²) >= 11 is 0. The van der Waals surface area contributed by atoms with Crippen LogP contribution in [0.4, 0.5) is 0 Å². The second kappa shape index (κ2) is 7.42. The third-order valence-electron chi connectivity index (χ3n) is 2.80. The van der Waals surface area contributed by atoms with E-state index in [0.717, 1.165) is 0 Å². The van der Waals surface area contributed by atoms with Gasteiger partial charge < -0.3 is 14.4 Å². The fourth-order valence-corrected chi connectivity index (χ4v) is 3.45. The lowest BCUT2D eigenvalue weighted by Crippen LogP contribution is -2.37. The average molecular weight is 314 g/mol. The van der Waals surface area contributed by atoms with Gasteiger partial charge in [-0.1, -0.05) is 0 Å². The molecule has 1 rings (SSSR count). The number of hydrogen-bond donors (Lipinski definition) is 0. The topological polar surface area (TPSA) is 72.9 Å². The summed E-state index contributed by atoms with van der Waals surface area (Å²) in [5, 5.41) is 0. The molecule has 0 aromatic carbocycles. The largest absolute Gasteiger partial charge is 0.351 e. The van der Waals surface area contributed by atoms with Gasteiger partial charge in [-0.05, 0) is 13.8 Å². The molecule has 1 amide bonds. The quantitative estimate of drug-likeness (QED) is 0.489. The standard InChI is InChI=1S/C11H20ClNO5S/c1-3-17-11(18-4-2)7-13-6-9(5-10(13)14)8-19(12,15)16/h9,11H,3-8H2,1-2H3. The molecule has 0 bridgehead atoms. The summed E-state index contributed by atoms with van der Waals surface area (Å²) in [6.07, 6.45) is -0.262. The van der Waals surface area contributed by atoms with Crippen molar-refractivity contribution in [3.05, 3.63) is 0 Å². The van der Waals surface area contributed by atoms with Crippen LogP contribution in [-0.4, -0.2) is 57.6 Å². The second-order valence-electron chi connectivity index (χ2n) is 4.41. The number of carbonyl (C=O) groups excluding carboxylic acids is 1. The normalized spacial score (nSPS) is 20.5. The van der Waals surface area contributed by atoms with Crippen LogP contribution < -0.4 is 0 Å². The zero-order chi connectivity index (χ0) is 14.5. The first-order chi connectivity index (χ1) is 8.85. The van der Waals surface area contributed by atoms with Gasteiger partial charge in [0.25, 0.3) is 0 Å². The third kappa shape index (κ3) is 6.07. The molecule has 1 atom stereocenters. The fourth-order valence-electron chi connectivity index (χ4n) is 2.13. The van der Waals surface area contributed by atoms with E-state index in [1.165, 1.54) is 0 Å². The molecule has 1 heterocycles. The highest BCUT2D eigenvalue weighted by atomic mass is 35.7. The van der Waals surface area contributed by atoms with E-state index in [-0.39, 0.29) is 24.0 Å². The van der Waals surface area contributed by atoms with E-state index in [2.05, 4.69) is 0 Å². The van der Waals surface area contributed by atoms with E-state index in [1.807, 2.05) is 13.8 Å². The predicted octanol–water partition coefficient (Wildman–Crippen LogP) is 0.803. The SMILES string of the molecule is CCOC(CN1CC(CS(=O)(=O)Cl)CC1=O)OCC. The number of hydrogen-bond acceptors (Lipinski definition) is 5. The Morgan fingerprint density at radius 2 is 1.95 bits per heavy atom. The van der Waals surface area contributed by atoms with Crippen molar-refractivity contribution in [1.29, 1.82) is 0 Å². The van der Waals surface area contributed by atoms with Gasteiger partial charge in [0.1, 0.15) is 0 Å². The first kappa shape index (κ1) is 16.7. The summed E-state index contributed by atoms with van der Waals surface area (Å²) in [6.45, 7) is 5.38. The van der Waals surface area contributed by atoms with Crippen LogP contribution in [0.1, 0.15) is 20.3 Å². The highest BCUT2D eigenvalue weighted by molar-refractivity contribution is 8.13. The maximum atomic E-state index is 11.8. The number of halogens is 1. The lowest BCUT2D eigenvalue weighted by atomic mass is 10.1. The number of rotatable bonds is 8. The molecule has 0 radical (unpaired) electrons. The van der Waals surface area contributed by atoms with Crippen LogP contribution in [-0.2, 0) is 23.3 Å². The Bertz CT molecular complexity index is 394. The molecule has 1 aliphatic rings. The van der Waals surface area contributed by atoms with Gasteiger partial charge in [0.2, 0.25) is 15.0 Å². The number of ether oxygens (including phenoxy) is 2. The zero-order valence-electron chi connectivity index (χ0n) is 11.2. The van der Waals surface area contributed by atoms with Crippen molar-refractivity contribution in [1.82, 2.24) is 4.90 Å². The van der Waals surface area contributed by atoms with Gasteiger partial charge in [0.05, 0.1) is 12.3 Å². The molecule has 0 spiro atoms. The molecule has 112 valence electrons. The van der Waals surface area contributed by atoms with Crippen molar-refractivity contribution in [3.8, 4) is 0 Å². The van der Waals surface area contributed by atoms with Crippen molar-refractivity contribution < 1.29 is 22.7 Å². The molecule has 6 nitrogen and oxygen atoms in total. The zero-order valence-corrected chi connectivity index (χ0v) is 12.7. The molecule has 1 aliphatic heterocycles. The van der Waals surface area contributed by atoms with Crippen molar-refractivity contribution in [3.63, 3.8) is 0 Å². The summed E-state index contributed by atoms with van der Waals surface area (Å²) in [7, 11) is 1.63. The van der Waals surface area contributed by atoms with Crippen LogP contribution in [0, 0.1) is 5.92 Å². The van der Waals surface area contributed by atoms with Gasteiger partial charge in [-0.3, -0.25) is 4.79 Å². The third-order valence-corrected chi connectivity index (χ3v) is 4.05. The van der Waals surface area contributed by atoms with Gasteiger partial charge in [0.15, 0.2) is 6.29 Å². The maximum Gasteiger partial charge on any atom is 0.232 e. The Kier molecular flexibility index (Phi) is 6.52. The van der Waals surface area contributed by atoms with Gasteiger partial charge in [0, 0.05) is 42.8 Å². The molecule has 1 fully saturated rings. The van der Waals surface area contributed by atoms with Crippen molar-refractivity contribution in [2.75, 3.05) is 32.1 Å². The monoisotopic (exact) mass is 313 g/mol. The molecule has 0 aromatic heterocycles. The Hall–Kier alpha value is -0.370. The Morgan fingerprint density at radius 3 is 2.42 bits per heavy atom. The molecule has 0 saturated carbocycles. The molecular weight excluding hydrogens is 294 g/mol. The first-order valence-electron chi connectivity index (χ1n) is 6.29. The number of nitrogens with zero attached hydrogens (tertiary/aromatic N) is 1. The van der Waals surface area contributed by atoms with E-state index in [1.54, 1.807) is 4.90 Å². The Labute approximate surface area is 118 Å². The molecule has 8 heteroatoms. The highest BCUT2D eigenvalue weighted by Crippen LogP contribution is 2.21. The van der Waals surface area contributed by atoms with Gasteiger partial charge in [-0.15, -0.1) is 0 Å². The Morgan fingerprint density at radius 1 is 1.37 bits per heavy atom. The van der Waals surface area contributed by atoms with Crippen molar-refractivity contribution in [2.24, 2.45) is 5.92 Å². The number of likely N-dealkylation sites (tertiary alicyclic amines) is 1. The maximum absolute atomic E-state index is 11.8. The molecule has 1 unspecified atom stereocenters. The van der Waals surface area contributed by atoms with Crippen LogP contribution in [0.15, 0.2) is 0 Å². The van der Waals surface area contributed by atoms with Crippen LogP contribution in [0.25, 0.3) is 0 Å². The molecular formula is C11H20ClNO5S.